The summed E-state index contributed by atoms with van der Waals surface area (Å²) in [5.41, 5.74) is 1.78. The lowest BCUT2D eigenvalue weighted by molar-refractivity contribution is -0.143. The molecule has 2 rings (SSSR count). The lowest BCUT2D eigenvalue weighted by Gasteiger charge is -2.12. The molecule has 1 amide bonds. The van der Waals surface area contributed by atoms with Crippen LogP contribution in [0.4, 0.5) is 8.78 Å². The van der Waals surface area contributed by atoms with E-state index in [9.17, 15) is 18.4 Å². The van der Waals surface area contributed by atoms with Gasteiger partial charge in [0.05, 0.1) is 18.7 Å². The molecule has 0 saturated carbocycles. The van der Waals surface area contributed by atoms with Gasteiger partial charge in [-0.05, 0) is 41.5 Å². The van der Waals surface area contributed by atoms with Gasteiger partial charge in [-0.15, -0.1) is 0 Å². The van der Waals surface area contributed by atoms with Gasteiger partial charge in [0.2, 0.25) is 0 Å². The molecule has 0 unspecified atom stereocenters. The Labute approximate surface area is 171 Å². The third-order valence-electron chi connectivity index (χ3n) is 3.73. The van der Waals surface area contributed by atoms with E-state index in [1.807, 2.05) is 6.07 Å². The van der Waals surface area contributed by atoms with E-state index < -0.39 is 25.1 Å². The molecule has 1 N–H and O–H groups in total. The Morgan fingerprint density at radius 2 is 1.90 bits per heavy atom. The highest BCUT2D eigenvalue weighted by molar-refractivity contribution is 5.89. The monoisotopic (exact) mass is 416 g/mol. The summed E-state index contributed by atoms with van der Waals surface area (Å²) in [5, 5.41) is 11.3. The summed E-state index contributed by atoms with van der Waals surface area (Å²) in [6.45, 7) is -3.40. The number of nitrogens with zero attached hydrogens (tertiary/aromatic N) is 1. The van der Waals surface area contributed by atoms with Crippen molar-refractivity contribution in [2.45, 2.75) is 13.2 Å². The summed E-state index contributed by atoms with van der Waals surface area (Å²) in [5.74, 6) is -1.27. The van der Waals surface area contributed by atoms with Crippen molar-refractivity contribution in [2.24, 2.45) is 0 Å². The smallest absolute Gasteiger partial charge is 0.387 e. The molecule has 0 aliphatic heterocycles. The molecule has 2 aromatic rings. The number of hydrogen-bond acceptors (Lipinski definition) is 6. The van der Waals surface area contributed by atoms with E-state index in [1.165, 1.54) is 37.5 Å². The molecule has 0 aromatic heterocycles. The highest BCUT2D eigenvalue weighted by Gasteiger charge is 2.12. The number of amides is 1. The maximum Gasteiger partial charge on any atom is 0.387 e. The fourth-order valence-electron chi connectivity index (χ4n) is 2.28. The van der Waals surface area contributed by atoms with E-state index in [0.717, 1.165) is 0 Å². The Morgan fingerprint density at radius 1 is 1.17 bits per heavy atom. The molecule has 0 atom stereocenters. The molecule has 0 aliphatic carbocycles. The van der Waals surface area contributed by atoms with E-state index >= 15 is 0 Å². The quantitative estimate of drug-likeness (QED) is 0.499. The number of carbonyl (C=O) groups is 2. The average molecular weight is 416 g/mol. The Kier molecular flexibility index (Phi) is 8.32. The third-order valence-corrected chi connectivity index (χ3v) is 3.73. The fourth-order valence-corrected chi connectivity index (χ4v) is 2.28. The molecule has 0 radical (unpaired) electrons. The van der Waals surface area contributed by atoms with Crippen molar-refractivity contribution >= 4 is 18.0 Å². The SMILES string of the molecule is COc1cc(CNC(=O)COC(=O)/C=C/c2ccc(C#N)cc2)ccc1OC(F)F. The van der Waals surface area contributed by atoms with Gasteiger partial charge in [0.25, 0.3) is 5.91 Å². The van der Waals surface area contributed by atoms with Gasteiger partial charge in [-0.3, -0.25) is 4.79 Å². The second-order valence-corrected chi connectivity index (χ2v) is 5.82. The summed E-state index contributed by atoms with van der Waals surface area (Å²) in [6, 6.07) is 12.8. The largest absolute Gasteiger partial charge is 0.493 e. The number of nitrogens with one attached hydrogen (secondary N) is 1. The van der Waals surface area contributed by atoms with Crippen LogP contribution in [0, 0.1) is 11.3 Å². The van der Waals surface area contributed by atoms with Crippen LogP contribution in [0.25, 0.3) is 6.08 Å². The lowest BCUT2D eigenvalue weighted by atomic mass is 10.1. The van der Waals surface area contributed by atoms with Crippen molar-refractivity contribution in [2.75, 3.05) is 13.7 Å². The van der Waals surface area contributed by atoms with Gasteiger partial charge in [0.15, 0.2) is 18.1 Å². The van der Waals surface area contributed by atoms with Crippen LogP contribution in [-0.4, -0.2) is 32.2 Å². The molecule has 30 heavy (non-hydrogen) atoms. The standard InChI is InChI=1S/C21H18F2N2O5/c1-28-18-10-16(6-8-17(18)30-21(22)23)12-25-19(26)13-29-20(27)9-7-14-2-4-15(11-24)5-3-14/h2-10,21H,12-13H2,1H3,(H,25,26)/b9-7+. The highest BCUT2D eigenvalue weighted by Crippen LogP contribution is 2.29. The van der Waals surface area contributed by atoms with E-state index in [-0.39, 0.29) is 18.0 Å². The number of methoxy groups -OCH3 is 1. The first kappa shape index (κ1) is 22.4. The predicted molar refractivity (Wildman–Crippen MR) is 103 cm³/mol. The summed E-state index contributed by atoms with van der Waals surface area (Å²) < 4.78 is 38.8. The maximum atomic E-state index is 12.3. The minimum absolute atomic E-state index is 0.0722. The van der Waals surface area contributed by atoms with Crippen LogP contribution in [0.3, 0.4) is 0 Å². The van der Waals surface area contributed by atoms with E-state index in [1.54, 1.807) is 24.3 Å². The highest BCUT2D eigenvalue weighted by atomic mass is 19.3. The zero-order valence-corrected chi connectivity index (χ0v) is 15.9. The summed E-state index contributed by atoms with van der Waals surface area (Å²) in [4.78, 5) is 23.5. The first-order valence-electron chi connectivity index (χ1n) is 8.64. The number of ether oxygens (including phenoxy) is 3. The van der Waals surface area contributed by atoms with Crippen molar-refractivity contribution < 1.29 is 32.6 Å². The Hall–Kier alpha value is -3.93. The first-order valence-corrected chi connectivity index (χ1v) is 8.64. The van der Waals surface area contributed by atoms with Crippen LogP contribution < -0.4 is 14.8 Å². The average Bonchev–Trinajstić information content (AvgIpc) is 2.75. The van der Waals surface area contributed by atoms with Crippen LogP contribution >= 0.6 is 0 Å². The first-order chi connectivity index (χ1) is 14.4. The molecule has 2 aromatic carbocycles. The van der Waals surface area contributed by atoms with Crippen LogP contribution in [-0.2, 0) is 20.9 Å². The van der Waals surface area contributed by atoms with E-state index in [4.69, 9.17) is 14.7 Å². The molecule has 0 bridgehead atoms. The number of benzene rings is 2. The molecular formula is C21H18F2N2O5. The third kappa shape index (κ3) is 7.24. The van der Waals surface area contributed by atoms with E-state index in [2.05, 4.69) is 10.1 Å². The molecule has 0 fully saturated rings. The zero-order valence-electron chi connectivity index (χ0n) is 15.9. The summed E-state index contributed by atoms with van der Waals surface area (Å²) >= 11 is 0. The number of nitriles is 1. The Balaban J connectivity index is 1.79. The number of hydrogen-bond donors (Lipinski definition) is 1. The number of esters is 1. The van der Waals surface area contributed by atoms with Gasteiger partial charge in [-0.2, -0.15) is 14.0 Å². The van der Waals surface area contributed by atoms with Gasteiger partial charge >= 0.3 is 12.6 Å². The predicted octanol–water partition coefficient (Wildman–Crippen LogP) is 3.04. The van der Waals surface area contributed by atoms with Crippen LogP contribution in [0.15, 0.2) is 48.5 Å². The van der Waals surface area contributed by atoms with Crippen LogP contribution in [0.5, 0.6) is 11.5 Å². The molecule has 7 nitrogen and oxygen atoms in total. The van der Waals surface area contributed by atoms with Crippen LogP contribution in [0.2, 0.25) is 0 Å². The van der Waals surface area contributed by atoms with Crippen molar-refractivity contribution in [3.63, 3.8) is 0 Å². The molecule has 0 aliphatic rings. The second-order valence-electron chi connectivity index (χ2n) is 5.82. The molecule has 0 saturated heterocycles. The molecular weight excluding hydrogens is 398 g/mol. The van der Waals surface area contributed by atoms with Gasteiger partial charge in [-0.25, -0.2) is 4.79 Å². The molecule has 0 heterocycles. The normalized spacial score (nSPS) is 10.5. The van der Waals surface area contributed by atoms with Crippen molar-refractivity contribution in [1.29, 1.82) is 5.26 Å². The van der Waals surface area contributed by atoms with Crippen molar-refractivity contribution in [3.05, 3.63) is 65.2 Å². The Morgan fingerprint density at radius 3 is 2.53 bits per heavy atom. The maximum absolute atomic E-state index is 12.3. The summed E-state index contributed by atoms with van der Waals surface area (Å²) in [7, 11) is 1.31. The van der Waals surface area contributed by atoms with Gasteiger partial charge in [0, 0.05) is 12.6 Å². The number of carbonyl (C=O) groups excluding carboxylic acids is 2. The van der Waals surface area contributed by atoms with Crippen molar-refractivity contribution in [1.82, 2.24) is 5.32 Å². The Bertz CT molecular complexity index is 953. The minimum atomic E-state index is -2.98. The topological polar surface area (TPSA) is 97.6 Å². The summed E-state index contributed by atoms with van der Waals surface area (Å²) in [6.07, 6.45) is 2.66. The molecule has 9 heteroatoms. The lowest BCUT2D eigenvalue weighted by Crippen LogP contribution is -2.28. The minimum Gasteiger partial charge on any atom is -0.493 e. The van der Waals surface area contributed by atoms with Crippen LogP contribution in [0.1, 0.15) is 16.7 Å². The fraction of sp³-hybridized carbons (Fsp3) is 0.190. The van der Waals surface area contributed by atoms with Gasteiger partial charge in [0.1, 0.15) is 0 Å². The zero-order chi connectivity index (χ0) is 21.9. The number of rotatable bonds is 9. The number of halogens is 2. The van der Waals surface area contributed by atoms with Crippen molar-refractivity contribution in [3.8, 4) is 17.6 Å². The van der Waals surface area contributed by atoms with E-state index in [0.29, 0.717) is 16.7 Å². The number of alkyl halides is 2. The molecule has 156 valence electrons. The second kappa shape index (κ2) is 11.2. The molecule has 0 spiro atoms. The van der Waals surface area contributed by atoms with Gasteiger partial charge < -0.3 is 19.5 Å². The van der Waals surface area contributed by atoms with Gasteiger partial charge in [-0.1, -0.05) is 18.2 Å².